The second-order valence-corrected chi connectivity index (χ2v) is 14.2. The normalized spacial score (nSPS) is 11.6. The molecule has 0 radical (unpaired) electrons. The van der Waals surface area contributed by atoms with E-state index in [1.54, 1.807) is 0 Å². The van der Waals surface area contributed by atoms with Crippen molar-refractivity contribution in [2.24, 2.45) is 0 Å². The van der Waals surface area contributed by atoms with Gasteiger partial charge in [-0.05, 0) is 47.6 Å². The fraction of sp³-hybridized carbons (Fsp3) is 0.440. The van der Waals surface area contributed by atoms with E-state index in [-0.39, 0.29) is 18.9 Å². The second-order valence-electron chi connectivity index (χ2n) is 9.15. The average molecular weight is 418 g/mol. The molecule has 0 aliphatic rings. The molecule has 0 spiro atoms. The number of nitrogens with zero attached hydrogens (tertiary/aromatic N) is 3. The standard InChI is InChI=1S/C19H24NSi.C6H16N2.Li/c1-15-10-9-11-16(2)19(15)20-18(21(3,4)5)14-17-12-7-6-8-13-17;1-7(2)5-6-8(3)4;/h6-14H,1-5H3;5-6H2,1-4H3;/q-1;;+1/b18-14+;;. The minimum Gasteiger partial charge on any atom is -0.664 e. The molecule has 0 heterocycles. The maximum absolute atomic E-state index is 5.05. The van der Waals surface area contributed by atoms with Crippen LogP contribution in [0.1, 0.15) is 16.7 Å². The molecule has 2 aromatic carbocycles. The Balaban J connectivity index is 0.000000801. The molecule has 0 unspecified atom stereocenters. The summed E-state index contributed by atoms with van der Waals surface area (Å²) in [6.45, 7) is 13.6. The zero-order chi connectivity index (χ0) is 22.0. The number of likely N-dealkylation sites (N-methyl/N-ethyl adjacent to an activating group) is 2. The summed E-state index contributed by atoms with van der Waals surface area (Å²) >= 11 is 0. The molecular weight excluding hydrogens is 377 g/mol. The molecular formula is C25H40LiN3Si. The molecule has 2 aromatic rings. The van der Waals surface area contributed by atoms with Gasteiger partial charge in [-0.1, -0.05) is 85.4 Å². The SMILES string of the molecule is CN(C)CCN(C)C.Cc1cccc(C)c1[N-]/C(=C\c1ccccc1)[Si](C)(C)C.[Li+]. The van der Waals surface area contributed by atoms with Crippen LogP contribution >= 0.6 is 0 Å². The van der Waals surface area contributed by atoms with Gasteiger partial charge in [0.1, 0.15) is 0 Å². The van der Waals surface area contributed by atoms with Crippen LogP contribution in [0.4, 0.5) is 5.69 Å². The second kappa shape index (κ2) is 13.9. The first-order valence-electron chi connectivity index (χ1n) is 10.4. The summed E-state index contributed by atoms with van der Waals surface area (Å²) in [5.41, 5.74) is 4.84. The molecule has 0 aliphatic heterocycles. The van der Waals surface area contributed by atoms with Crippen molar-refractivity contribution in [3.8, 4) is 0 Å². The van der Waals surface area contributed by atoms with E-state index in [9.17, 15) is 0 Å². The quantitative estimate of drug-likeness (QED) is 0.644. The topological polar surface area (TPSA) is 20.6 Å². The monoisotopic (exact) mass is 417 g/mol. The third-order valence-corrected chi connectivity index (χ3v) is 6.33. The van der Waals surface area contributed by atoms with Crippen LogP contribution in [0.5, 0.6) is 0 Å². The molecule has 5 heteroatoms. The molecule has 0 aliphatic carbocycles. The van der Waals surface area contributed by atoms with Crippen LogP contribution in [0.25, 0.3) is 11.4 Å². The molecule has 3 nitrogen and oxygen atoms in total. The number of rotatable bonds is 7. The summed E-state index contributed by atoms with van der Waals surface area (Å²) in [4.78, 5) is 4.36. The predicted octanol–water partition coefficient (Wildman–Crippen LogP) is 3.34. The van der Waals surface area contributed by atoms with Crippen molar-refractivity contribution in [1.29, 1.82) is 0 Å². The smallest absolute Gasteiger partial charge is 0.664 e. The van der Waals surface area contributed by atoms with Crippen LogP contribution in [-0.4, -0.2) is 59.2 Å². The minimum absolute atomic E-state index is 0. The zero-order valence-corrected chi connectivity index (χ0v) is 22.0. The third-order valence-electron chi connectivity index (χ3n) is 4.54. The molecule has 160 valence electrons. The van der Waals surface area contributed by atoms with Crippen LogP contribution in [-0.2, 0) is 0 Å². The fourth-order valence-electron chi connectivity index (χ4n) is 2.63. The molecule has 0 fully saturated rings. The van der Waals surface area contributed by atoms with Gasteiger partial charge in [0.15, 0.2) is 0 Å². The van der Waals surface area contributed by atoms with Crippen LogP contribution < -0.4 is 18.9 Å². The van der Waals surface area contributed by atoms with Gasteiger partial charge in [0.05, 0.1) is 8.07 Å². The van der Waals surface area contributed by atoms with Gasteiger partial charge in [0, 0.05) is 13.1 Å². The largest absolute Gasteiger partial charge is 1.00 e. The Labute approximate surface area is 198 Å². The Morgan fingerprint density at radius 2 is 1.27 bits per heavy atom. The predicted molar refractivity (Wildman–Crippen MR) is 134 cm³/mol. The molecule has 0 atom stereocenters. The van der Waals surface area contributed by atoms with E-state index in [2.05, 4.69) is 120 Å². The molecule has 0 amide bonds. The third kappa shape index (κ3) is 11.2. The first-order valence-corrected chi connectivity index (χ1v) is 13.9. The van der Waals surface area contributed by atoms with Gasteiger partial charge in [-0.2, -0.15) is 5.32 Å². The van der Waals surface area contributed by atoms with E-state index >= 15 is 0 Å². The van der Waals surface area contributed by atoms with Gasteiger partial charge < -0.3 is 15.1 Å². The van der Waals surface area contributed by atoms with Crippen molar-refractivity contribution in [3.63, 3.8) is 0 Å². The first kappa shape index (κ1) is 28.7. The maximum atomic E-state index is 5.05. The van der Waals surface area contributed by atoms with Crippen molar-refractivity contribution < 1.29 is 18.9 Å². The number of hydrogen-bond acceptors (Lipinski definition) is 2. The number of benzene rings is 2. The summed E-state index contributed by atoms with van der Waals surface area (Å²) in [7, 11) is 6.84. The van der Waals surface area contributed by atoms with Crippen LogP contribution in [0.2, 0.25) is 19.6 Å². The number of aryl methyl sites for hydroxylation is 2. The van der Waals surface area contributed by atoms with Crippen LogP contribution in [0, 0.1) is 13.8 Å². The van der Waals surface area contributed by atoms with Crippen molar-refractivity contribution >= 4 is 19.8 Å². The first-order chi connectivity index (χ1) is 13.5. The van der Waals surface area contributed by atoms with E-state index in [0.717, 1.165) is 18.8 Å². The average Bonchev–Trinajstić information content (AvgIpc) is 2.63. The van der Waals surface area contributed by atoms with E-state index in [1.807, 2.05) is 6.07 Å². The van der Waals surface area contributed by atoms with Gasteiger partial charge in [0.25, 0.3) is 0 Å². The van der Waals surface area contributed by atoms with E-state index in [1.165, 1.54) is 22.0 Å². The van der Waals surface area contributed by atoms with Crippen LogP contribution in [0.15, 0.2) is 53.9 Å². The van der Waals surface area contributed by atoms with E-state index in [4.69, 9.17) is 5.32 Å². The van der Waals surface area contributed by atoms with E-state index in [0.29, 0.717) is 0 Å². The summed E-state index contributed by atoms with van der Waals surface area (Å²) in [6.07, 6.45) is 2.25. The molecule has 0 aromatic heterocycles. The molecule has 0 bridgehead atoms. The van der Waals surface area contributed by atoms with Gasteiger partial charge in [-0.3, -0.25) is 0 Å². The molecule has 0 N–H and O–H groups in total. The van der Waals surface area contributed by atoms with Crippen LogP contribution in [0.3, 0.4) is 0 Å². The number of hydrogen-bond donors (Lipinski definition) is 0. The summed E-state index contributed by atoms with van der Waals surface area (Å²) < 4.78 is 0. The zero-order valence-electron chi connectivity index (χ0n) is 21.0. The summed E-state index contributed by atoms with van der Waals surface area (Å²) in [5, 5.41) is 6.29. The van der Waals surface area contributed by atoms with E-state index < -0.39 is 8.07 Å². The Morgan fingerprint density at radius 3 is 1.67 bits per heavy atom. The van der Waals surface area contributed by atoms with Crippen molar-refractivity contribution in [2.45, 2.75) is 33.5 Å². The Bertz CT molecular complexity index is 737. The number of para-hydroxylation sites is 1. The fourth-order valence-corrected chi connectivity index (χ4v) is 3.67. The van der Waals surface area contributed by atoms with Gasteiger partial charge in [-0.25, -0.2) is 0 Å². The van der Waals surface area contributed by atoms with Gasteiger partial charge >= 0.3 is 18.9 Å². The Kier molecular flexibility index (Phi) is 13.3. The van der Waals surface area contributed by atoms with Crippen molar-refractivity contribution in [3.05, 3.63) is 75.9 Å². The van der Waals surface area contributed by atoms with Gasteiger partial charge in [-0.15, -0.1) is 5.69 Å². The van der Waals surface area contributed by atoms with Gasteiger partial charge in [0.2, 0.25) is 0 Å². The molecule has 0 saturated carbocycles. The maximum Gasteiger partial charge on any atom is 1.00 e. The Morgan fingerprint density at radius 1 is 0.800 bits per heavy atom. The van der Waals surface area contributed by atoms with Crippen molar-refractivity contribution in [2.75, 3.05) is 41.3 Å². The summed E-state index contributed by atoms with van der Waals surface area (Å²) in [6, 6.07) is 16.8. The molecule has 0 saturated heterocycles. The summed E-state index contributed by atoms with van der Waals surface area (Å²) in [5.74, 6) is 0. The molecule has 30 heavy (non-hydrogen) atoms. The molecule has 2 rings (SSSR count). The van der Waals surface area contributed by atoms with Crippen molar-refractivity contribution in [1.82, 2.24) is 9.80 Å². The Hall–Kier alpha value is -1.29. The minimum atomic E-state index is -1.50.